The minimum atomic E-state index is -0.109. The third kappa shape index (κ3) is 4.18. The number of carbonyl (C=O) groups excluding carboxylic acids is 2. The third-order valence-corrected chi connectivity index (χ3v) is 10.1. The molecule has 0 saturated carbocycles. The van der Waals surface area contributed by atoms with Crippen molar-refractivity contribution in [1.82, 2.24) is 0 Å². The first-order chi connectivity index (χ1) is 21.1. The van der Waals surface area contributed by atoms with Crippen LogP contribution in [0.4, 0.5) is 11.4 Å². The molecule has 0 bridgehead atoms. The van der Waals surface area contributed by atoms with Gasteiger partial charge in [0, 0.05) is 58.0 Å². The van der Waals surface area contributed by atoms with E-state index in [1.165, 1.54) is 0 Å². The first-order valence-electron chi connectivity index (χ1n) is 15.9. The van der Waals surface area contributed by atoms with Gasteiger partial charge in [0.2, 0.25) is 0 Å². The molecular weight excluding hydrogens is 540 g/mol. The van der Waals surface area contributed by atoms with E-state index in [1.54, 1.807) is 0 Å². The van der Waals surface area contributed by atoms with Crippen LogP contribution in [0.1, 0.15) is 87.5 Å². The molecule has 2 unspecified atom stereocenters. The number of nitrogens with one attached hydrogen (secondary N) is 2. The van der Waals surface area contributed by atoms with Crippen molar-refractivity contribution in [3.63, 3.8) is 0 Å². The van der Waals surface area contributed by atoms with Crippen LogP contribution in [0.2, 0.25) is 0 Å². The number of rotatable bonds is 2. The molecule has 220 valence electrons. The maximum atomic E-state index is 13.7. The molecule has 0 radical (unpaired) electrons. The Labute approximate surface area is 259 Å². The van der Waals surface area contributed by atoms with Crippen molar-refractivity contribution < 1.29 is 9.59 Å². The second-order valence-electron chi connectivity index (χ2n) is 14.8. The van der Waals surface area contributed by atoms with Crippen molar-refractivity contribution in [1.29, 1.82) is 0 Å². The second-order valence-corrected chi connectivity index (χ2v) is 14.8. The van der Waals surface area contributed by atoms with Crippen LogP contribution in [0.5, 0.6) is 0 Å². The average Bonchev–Trinajstić information content (AvgIpc) is 2.98. The summed E-state index contributed by atoms with van der Waals surface area (Å²) in [5, 5.41) is 9.90. The fraction of sp³-hybridized carbons (Fsp3) is 0.300. The normalized spacial score (nSPS) is 23.3. The predicted molar refractivity (Wildman–Crippen MR) is 178 cm³/mol. The summed E-state index contributed by atoms with van der Waals surface area (Å²) in [5.41, 5.74) is 10.5. The first kappa shape index (κ1) is 27.1. The molecule has 44 heavy (non-hydrogen) atoms. The first-order valence-corrected chi connectivity index (χ1v) is 15.9. The summed E-state index contributed by atoms with van der Waals surface area (Å²) in [6.45, 7) is 8.76. The number of allylic oxidation sites excluding steroid dienone is 4. The maximum Gasteiger partial charge on any atom is 0.162 e. The Bertz CT molecular complexity index is 1800. The summed E-state index contributed by atoms with van der Waals surface area (Å²) < 4.78 is 0. The zero-order chi connectivity index (χ0) is 30.4. The molecule has 4 nitrogen and oxygen atoms in total. The highest BCUT2D eigenvalue weighted by molar-refractivity contribution is 6.10. The lowest BCUT2D eigenvalue weighted by atomic mass is 9.67. The van der Waals surface area contributed by atoms with E-state index in [1.807, 2.05) is 12.1 Å². The van der Waals surface area contributed by atoms with Gasteiger partial charge in [0.15, 0.2) is 11.6 Å². The van der Waals surface area contributed by atoms with E-state index in [2.05, 4.69) is 111 Å². The van der Waals surface area contributed by atoms with E-state index in [-0.39, 0.29) is 34.2 Å². The number of carbonyl (C=O) groups is 2. The number of ketones is 2. The lowest BCUT2D eigenvalue weighted by Gasteiger charge is -2.41. The minimum absolute atomic E-state index is 0.0981. The number of Topliss-reactive ketones (excluding diaryl/α,β-unsaturated/α-hetero) is 2. The van der Waals surface area contributed by atoms with Gasteiger partial charge in [-0.2, -0.15) is 0 Å². The average molecular weight is 579 g/mol. The lowest BCUT2D eigenvalue weighted by Crippen LogP contribution is -2.34. The molecule has 2 heterocycles. The molecular formula is C40H38N2O2. The van der Waals surface area contributed by atoms with E-state index in [0.29, 0.717) is 12.8 Å². The lowest BCUT2D eigenvalue weighted by molar-refractivity contribution is -0.119. The molecule has 2 atom stereocenters. The van der Waals surface area contributed by atoms with Crippen molar-refractivity contribution in [3.8, 4) is 0 Å². The van der Waals surface area contributed by atoms with Crippen LogP contribution in [0.3, 0.4) is 0 Å². The van der Waals surface area contributed by atoms with Gasteiger partial charge in [-0.15, -0.1) is 0 Å². The zero-order valence-corrected chi connectivity index (χ0v) is 25.9. The quantitative estimate of drug-likeness (QED) is 0.249. The Kier molecular flexibility index (Phi) is 5.88. The number of benzene rings is 4. The molecule has 2 aliphatic heterocycles. The summed E-state index contributed by atoms with van der Waals surface area (Å²) in [6, 6.07) is 29.8. The highest BCUT2D eigenvalue weighted by Gasteiger charge is 2.43. The topological polar surface area (TPSA) is 58.2 Å². The Morgan fingerprint density at radius 3 is 1.30 bits per heavy atom. The fourth-order valence-electron chi connectivity index (χ4n) is 8.36. The zero-order valence-electron chi connectivity index (χ0n) is 25.9. The molecule has 8 rings (SSSR count). The molecule has 4 heteroatoms. The summed E-state index contributed by atoms with van der Waals surface area (Å²) in [7, 11) is 0. The molecule has 2 N–H and O–H groups in total. The van der Waals surface area contributed by atoms with Gasteiger partial charge in [-0.3, -0.25) is 9.59 Å². The van der Waals surface area contributed by atoms with Gasteiger partial charge in [-0.1, -0.05) is 113 Å². The largest absolute Gasteiger partial charge is 0.358 e. The molecule has 0 aromatic heterocycles. The Hall–Kier alpha value is -4.44. The number of hydrogen-bond acceptors (Lipinski definition) is 4. The predicted octanol–water partition coefficient (Wildman–Crippen LogP) is 9.24. The van der Waals surface area contributed by atoms with Crippen LogP contribution in [-0.2, 0) is 9.59 Å². The van der Waals surface area contributed by atoms with Crippen LogP contribution in [0.25, 0.3) is 10.8 Å². The van der Waals surface area contributed by atoms with E-state index in [4.69, 9.17) is 0 Å². The summed E-state index contributed by atoms with van der Waals surface area (Å²) in [4.78, 5) is 27.5. The standard InChI is InChI=1S/C40H38N2O2/c1-39(2)19-29-35(31(43)21-39)33(23-11-7-5-8-12-23)27-17-16-26-25(37(27)41-29)15-18-28-34(24-13-9-6-10-14-24)36-30(42-38(26)28)20-40(3,4)22-32(36)44/h5-18,33-34,41-42H,19-22H2,1-4H3. The minimum Gasteiger partial charge on any atom is -0.358 e. The number of hydrogen-bond donors (Lipinski definition) is 2. The van der Waals surface area contributed by atoms with E-state index >= 15 is 0 Å². The molecule has 0 saturated heterocycles. The Morgan fingerprint density at radius 1 is 0.523 bits per heavy atom. The molecule has 4 aromatic rings. The van der Waals surface area contributed by atoms with E-state index in [0.717, 1.165) is 79.8 Å². The van der Waals surface area contributed by atoms with Gasteiger partial charge >= 0.3 is 0 Å². The Morgan fingerprint density at radius 2 is 0.909 bits per heavy atom. The third-order valence-electron chi connectivity index (χ3n) is 10.1. The molecule has 0 spiro atoms. The van der Waals surface area contributed by atoms with Gasteiger partial charge in [0.05, 0.1) is 11.4 Å². The Balaban J connectivity index is 1.35. The highest BCUT2D eigenvalue weighted by atomic mass is 16.1. The van der Waals surface area contributed by atoms with Crippen LogP contribution in [-0.4, -0.2) is 11.6 Å². The van der Waals surface area contributed by atoms with Gasteiger partial charge in [-0.25, -0.2) is 0 Å². The maximum absolute atomic E-state index is 13.7. The summed E-state index contributed by atoms with van der Waals surface area (Å²) in [5.74, 6) is 0.264. The smallest absolute Gasteiger partial charge is 0.162 e. The molecule has 4 aliphatic rings. The van der Waals surface area contributed by atoms with E-state index in [9.17, 15) is 9.59 Å². The molecule has 0 fully saturated rings. The number of fused-ring (bicyclic) bond motifs is 5. The van der Waals surface area contributed by atoms with E-state index < -0.39 is 0 Å². The molecule has 2 aliphatic carbocycles. The van der Waals surface area contributed by atoms with Gasteiger partial charge < -0.3 is 10.6 Å². The van der Waals surface area contributed by atoms with Crippen molar-refractivity contribution >= 4 is 33.7 Å². The monoisotopic (exact) mass is 578 g/mol. The van der Waals surface area contributed by atoms with Gasteiger partial charge in [0.25, 0.3) is 0 Å². The van der Waals surface area contributed by atoms with Crippen LogP contribution < -0.4 is 10.6 Å². The summed E-state index contributed by atoms with van der Waals surface area (Å²) in [6.07, 6.45) is 2.79. The fourth-order valence-corrected chi connectivity index (χ4v) is 8.36. The van der Waals surface area contributed by atoms with Gasteiger partial charge in [-0.05, 0) is 45.9 Å². The van der Waals surface area contributed by atoms with Crippen LogP contribution in [0.15, 0.2) is 107 Å². The summed E-state index contributed by atoms with van der Waals surface area (Å²) >= 11 is 0. The van der Waals surface area contributed by atoms with Crippen molar-refractivity contribution in [2.24, 2.45) is 10.8 Å². The molecule has 4 aromatic carbocycles. The van der Waals surface area contributed by atoms with Crippen LogP contribution >= 0.6 is 0 Å². The molecule has 0 amide bonds. The van der Waals surface area contributed by atoms with Crippen molar-refractivity contribution in [2.45, 2.75) is 65.2 Å². The second kappa shape index (κ2) is 9.53. The van der Waals surface area contributed by atoms with Crippen molar-refractivity contribution in [2.75, 3.05) is 10.6 Å². The number of anilines is 2. The highest BCUT2D eigenvalue weighted by Crippen LogP contribution is 2.54. The SMILES string of the molecule is CC1(C)CC(=O)C2=C(C1)Nc1c(ccc3c4c(ccc13)C(c1ccccc1)C1=C(CC(C)(C)CC1=O)N4)C2c1ccccc1. The van der Waals surface area contributed by atoms with Gasteiger partial charge in [0.1, 0.15) is 0 Å². The van der Waals surface area contributed by atoms with Crippen molar-refractivity contribution in [3.05, 3.63) is 130 Å². The van der Waals surface area contributed by atoms with Crippen LogP contribution in [0, 0.1) is 10.8 Å².